The quantitative estimate of drug-likeness (QED) is 0.136. The van der Waals surface area contributed by atoms with Crippen molar-refractivity contribution in [2.45, 2.75) is 12.2 Å². The Balaban J connectivity index is 0.000000280. The topological polar surface area (TPSA) is 163 Å². The van der Waals surface area contributed by atoms with Crippen LogP contribution in [0.3, 0.4) is 0 Å². The summed E-state index contributed by atoms with van der Waals surface area (Å²) in [7, 11) is 9.09. The van der Waals surface area contributed by atoms with Gasteiger partial charge in [-0.3, -0.25) is 4.79 Å². The third-order valence-electron chi connectivity index (χ3n) is 8.39. The first-order chi connectivity index (χ1) is 25.2. The van der Waals surface area contributed by atoms with E-state index in [1.54, 1.807) is 60.7 Å². The van der Waals surface area contributed by atoms with Crippen LogP contribution in [0.5, 0.6) is 46.0 Å². The summed E-state index contributed by atoms with van der Waals surface area (Å²) in [4.78, 5) is 24.0. The van der Waals surface area contributed by atoms with Crippen LogP contribution in [0.1, 0.15) is 27.0 Å². The van der Waals surface area contributed by atoms with Crippen LogP contribution in [0.4, 0.5) is 0 Å². The number of aldehydes is 1. The van der Waals surface area contributed by atoms with E-state index >= 15 is 0 Å². The maximum absolute atomic E-state index is 13.4. The highest BCUT2D eigenvalue weighted by atomic mass is 32.1. The van der Waals surface area contributed by atoms with E-state index in [1.165, 1.54) is 42.7 Å². The minimum absolute atomic E-state index is 0.0895. The lowest BCUT2D eigenvalue weighted by atomic mass is 9.87. The summed E-state index contributed by atoms with van der Waals surface area (Å²) in [5.74, 6) is 1.09. The van der Waals surface area contributed by atoms with E-state index in [0.29, 0.717) is 84.9 Å². The second-order valence-electron chi connectivity index (χ2n) is 11.2. The molecule has 0 saturated heterocycles. The summed E-state index contributed by atoms with van der Waals surface area (Å²) >= 11 is 1.06. The summed E-state index contributed by atoms with van der Waals surface area (Å²) in [5.41, 5.74) is 3.87. The van der Waals surface area contributed by atoms with E-state index in [1.807, 2.05) is 0 Å². The zero-order valence-electron chi connectivity index (χ0n) is 29.0. The molecule has 14 nitrogen and oxygen atoms in total. The molecule has 7 rings (SSSR count). The van der Waals surface area contributed by atoms with Crippen molar-refractivity contribution in [2.75, 3.05) is 49.5 Å². The third-order valence-corrected chi connectivity index (χ3v) is 8.95. The van der Waals surface area contributed by atoms with Gasteiger partial charge in [-0.1, -0.05) is 6.07 Å². The standard InChI is InChI=1S/C27H22N2O8S.C10H12O4/c1-32-22-9-14(10-23(33-2)25(22)34-3)8-17-24(15-4-7-20-21(11-15)36-13-35-20)26(30)37-27(17,31)16-5-6-18-19(12-16)29-38-28-18;1-12-8-4-7(6-11)5-9(13-2)10(8)14-3/h4-7,9-12,31H,8,13H2,1-3H3;4-6H,1-3H3. The predicted octanol–water partition coefficient (Wildman–Crippen LogP) is 5.37. The first kappa shape index (κ1) is 35.8. The third kappa shape index (κ3) is 6.58. The molecular weight excluding hydrogens is 696 g/mol. The molecule has 0 radical (unpaired) electrons. The Bertz CT molecular complexity index is 2130. The molecule has 0 spiro atoms. The van der Waals surface area contributed by atoms with Gasteiger partial charge in [0.25, 0.3) is 5.79 Å². The first-order valence-corrected chi connectivity index (χ1v) is 16.3. The number of carbonyl (C=O) groups is 2. The number of nitrogens with zero attached hydrogens (tertiary/aromatic N) is 2. The van der Waals surface area contributed by atoms with Gasteiger partial charge < -0.3 is 47.7 Å². The summed E-state index contributed by atoms with van der Waals surface area (Å²) in [5, 5.41) is 12.0. The molecule has 2 aliphatic heterocycles. The molecular formula is C37H34N2O12S. The van der Waals surface area contributed by atoms with Gasteiger partial charge in [0.2, 0.25) is 18.3 Å². The SMILES string of the molecule is COc1cc(C=O)cc(OC)c1OC.COc1cc(CC2=C(c3ccc4c(c3)OCO4)C(=O)OC2(O)c2ccc3nsnc3c2)cc(OC)c1OC. The van der Waals surface area contributed by atoms with Crippen molar-refractivity contribution in [3.05, 3.63) is 88.5 Å². The monoisotopic (exact) mass is 730 g/mol. The zero-order valence-corrected chi connectivity index (χ0v) is 29.8. The van der Waals surface area contributed by atoms with Crippen molar-refractivity contribution >= 4 is 40.6 Å². The maximum atomic E-state index is 13.4. The van der Waals surface area contributed by atoms with Crippen LogP contribution in [-0.2, 0) is 21.7 Å². The average Bonchev–Trinajstić information content (AvgIpc) is 3.91. The Kier molecular flexibility index (Phi) is 10.3. The van der Waals surface area contributed by atoms with E-state index in [-0.39, 0.29) is 18.8 Å². The van der Waals surface area contributed by atoms with Gasteiger partial charge in [0.05, 0.1) is 60.0 Å². The van der Waals surface area contributed by atoms with Gasteiger partial charge in [0.15, 0.2) is 34.5 Å². The molecule has 5 aromatic rings. The molecule has 1 atom stereocenters. The van der Waals surface area contributed by atoms with Crippen LogP contribution in [0.25, 0.3) is 16.6 Å². The molecule has 0 aliphatic carbocycles. The molecule has 15 heteroatoms. The molecule has 1 N–H and O–H groups in total. The molecule has 52 heavy (non-hydrogen) atoms. The number of aromatic nitrogens is 2. The normalized spacial score (nSPS) is 15.8. The second-order valence-corrected chi connectivity index (χ2v) is 11.7. The lowest BCUT2D eigenvalue weighted by Gasteiger charge is -2.26. The smallest absolute Gasteiger partial charge is 0.342 e. The lowest BCUT2D eigenvalue weighted by molar-refractivity contribution is -0.185. The second kappa shape index (κ2) is 15.0. The van der Waals surface area contributed by atoms with Gasteiger partial charge in [-0.2, -0.15) is 8.75 Å². The van der Waals surface area contributed by atoms with Gasteiger partial charge in [0, 0.05) is 23.1 Å². The number of carbonyl (C=O) groups excluding carboxylic acids is 2. The van der Waals surface area contributed by atoms with E-state index in [9.17, 15) is 14.7 Å². The lowest BCUT2D eigenvalue weighted by Crippen LogP contribution is -2.29. The molecule has 2 aliphatic rings. The minimum atomic E-state index is -2.07. The number of cyclic esters (lactones) is 1. The Hall–Kier alpha value is -6.06. The Labute approximate surface area is 302 Å². The van der Waals surface area contributed by atoms with Crippen LogP contribution < -0.4 is 37.9 Å². The number of hydrogen-bond donors (Lipinski definition) is 1. The highest BCUT2D eigenvalue weighted by molar-refractivity contribution is 7.00. The van der Waals surface area contributed by atoms with E-state index in [2.05, 4.69) is 8.75 Å². The van der Waals surface area contributed by atoms with E-state index in [4.69, 9.17) is 42.6 Å². The van der Waals surface area contributed by atoms with E-state index in [0.717, 1.165) is 18.0 Å². The fourth-order valence-corrected chi connectivity index (χ4v) is 6.45. The van der Waals surface area contributed by atoms with Gasteiger partial charge in [-0.15, -0.1) is 0 Å². The van der Waals surface area contributed by atoms with Crippen molar-refractivity contribution < 1.29 is 57.3 Å². The van der Waals surface area contributed by atoms with Crippen molar-refractivity contribution in [1.82, 2.24) is 8.75 Å². The highest BCUT2D eigenvalue weighted by Crippen LogP contribution is 2.48. The number of rotatable bonds is 11. The average molecular weight is 731 g/mol. The Morgan fingerprint density at radius 1 is 0.750 bits per heavy atom. The fourth-order valence-electron chi connectivity index (χ4n) is 5.93. The number of methoxy groups -OCH3 is 6. The van der Waals surface area contributed by atoms with Gasteiger partial charge in [-0.25, -0.2) is 4.79 Å². The van der Waals surface area contributed by atoms with Crippen LogP contribution >= 0.6 is 11.7 Å². The van der Waals surface area contributed by atoms with Crippen molar-refractivity contribution in [3.63, 3.8) is 0 Å². The summed E-state index contributed by atoms with van der Waals surface area (Å²) < 4.78 is 56.9. The predicted molar refractivity (Wildman–Crippen MR) is 188 cm³/mol. The van der Waals surface area contributed by atoms with Crippen LogP contribution in [0.15, 0.2) is 66.2 Å². The van der Waals surface area contributed by atoms with Gasteiger partial charge in [0.1, 0.15) is 17.3 Å². The number of ether oxygens (including phenoxy) is 9. The molecule has 3 heterocycles. The highest BCUT2D eigenvalue weighted by Gasteiger charge is 2.48. The molecule has 0 amide bonds. The first-order valence-electron chi connectivity index (χ1n) is 15.6. The van der Waals surface area contributed by atoms with Crippen molar-refractivity contribution in [1.29, 1.82) is 0 Å². The summed E-state index contributed by atoms with van der Waals surface area (Å²) in [6, 6.07) is 17.0. The zero-order chi connectivity index (χ0) is 37.0. The summed E-state index contributed by atoms with van der Waals surface area (Å²) in [6.07, 6.45) is 0.848. The number of aliphatic hydroxyl groups is 1. The maximum Gasteiger partial charge on any atom is 0.342 e. The van der Waals surface area contributed by atoms with Gasteiger partial charge >= 0.3 is 5.97 Å². The number of fused-ring (bicyclic) bond motifs is 2. The Morgan fingerprint density at radius 2 is 1.35 bits per heavy atom. The van der Waals surface area contributed by atoms with Crippen LogP contribution in [0.2, 0.25) is 0 Å². The molecule has 0 saturated carbocycles. The molecule has 270 valence electrons. The molecule has 1 unspecified atom stereocenters. The molecule has 0 fully saturated rings. The molecule has 0 bridgehead atoms. The minimum Gasteiger partial charge on any atom is -0.493 e. The van der Waals surface area contributed by atoms with Crippen molar-refractivity contribution in [2.24, 2.45) is 0 Å². The molecule has 4 aromatic carbocycles. The van der Waals surface area contributed by atoms with E-state index < -0.39 is 11.8 Å². The fraction of sp³-hybridized carbons (Fsp3) is 0.243. The van der Waals surface area contributed by atoms with Crippen LogP contribution in [-0.4, -0.2) is 75.6 Å². The largest absolute Gasteiger partial charge is 0.493 e. The van der Waals surface area contributed by atoms with Gasteiger partial charge in [-0.05, 0) is 65.7 Å². The Morgan fingerprint density at radius 3 is 1.94 bits per heavy atom. The van der Waals surface area contributed by atoms with Crippen molar-refractivity contribution in [3.8, 4) is 46.0 Å². The molecule has 1 aromatic heterocycles. The van der Waals surface area contributed by atoms with Crippen LogP contribution in [0, 0.1) is 0 Å². The number of esters is 1. The number of benzene rings is 4. The number of hydrogen-bond acceptors (Lipinski definition) is 15. The summed E-state index contributed by atoms with van der Waals surface area (Å²) in [6.45, 7) is 0.0895.